The van der Waals surface area contributed by atoms with Gasteiger partial charge in [-0.15, -0.1) is 24.8 Å². The Morgan fingerprint density at radius 2 is 1.76 bits per heavy atom. The van der Waals surface area contributed by atoms with E-state index >= 15 is 0 Å². The molecule has 0 atom stereocenters. The van der Waals surface area contributed by atoms with Gasteiger partial charge in [-0.25, -0.2) is 4.98 Å². The van der Waals surface area contributed by atoms with Crippen molar-refractivity contribution in [2.45, 2.75) is 57.9 Å². The Morgan fingerprint density at radius 3 is 2.20 bits per heavy atom. The third-order valence-electron chi connectivity index (χ3n) is 5.06. The van der Waals surface area contributed by atoms with E-state index in [1.54, 1.807) is 6.20 Å². The van der Waals surface area contributed by atoms with Crippen LogP contribution in [-0.2, 0) is 0 Å². The van der Waals surface area contributed by atoms with Gasteiger partial charge in [-0.1, -0.05) is 26.7 Å². The zero-order valence-corrected chi connectivity index (χ0v) is 16.9. The molecule has 1 amide bonds. The van der Waals surface area contributed by atoms with Gasteiger partial charge in [0.2, 0.25) is 0 Å². The molecule has 1 fully saturated rings. The molecule has 0 bridgehead atoms. The van der Waals surface area contributed by atoms with Crippen molar-refractivity contribution in [3.8, 4) is 0 Å². The van der Waals surface area contributed by atoms with Gasteiger partial charge in [0.1, 0.15) is 5.82 Å². The van der Waals surface area contributed by atoms with Gasteiger partial charge in [-0.05, 0) is 37.8 Å². The first-order valence-electron chi connectivity index (χ1n) is 8.87. The van der Waals surface area contributed by atoms with Crippen molar-refractivity contribution in [2.75, 3.05) is 24.5 Å². The summed E-state index contributed by atoms with van der Waals surface area (Å²) < 4.78 is 0. The van der Waals surface area contributed by atoms with E-state index in [1.165, 1.54) is 25.7 Å². The maximum absolute atomic E-state index is 12.5. The second-order valence-corrected chi connectivity index (χ2v) is 6.45. The Balaban J connectivity index is 0.00000288. The van der Waals surface area contributed by atoms with Crippen LogP contribution in [0.15, 0.2) is 18.3 Å². The molecule has 0 unspecified atom stereocenters. The minimum atomic E-state index is -0.319. The Bertz CT molecular complexity index is 490. The van der Waals surface area contributed by atoms with Crippen LogP contribution < -0.4 is 16.0 Å². The summed E-state index contributed by atoms with van der Waals surface area (Å²) in [6.45, 7) is 6.67. The summed E-state index contributed by atoms with van der Waals surface area (Å²) in [4.78, 5) is 19.3. The number of rotatable bonds is 6. The molecule has 25 heavy (non-hydrogen) atoms. The van der Waals surface area contributed by atoms with Crippen LogP contribution >= 0.6 is 24.8 Å². The molecule has 0 spiro atoms. The van der Waals surface area contributed by atoms with E-state index in [0.717, 1.165) is 31.7 Å². The van der Waals surface area contributed by atoms with E-state index in [9.17, 15) is 4.79 Å². The molecule has 1 saturated heterocycles. The highest BCUT2D eigenvalue weighted by molar-refractivity contribution is 5.94. The summed E-state index contributed by atoms with van der Waals surface area (Å²) in [5.74, 6) is 0.883. The lowest BCUT2D eigenvalue weighted by Crippen LogP contribution is -2.52. The molecular weight excluding hydrogens is 359 g/mol. The molecule has 5 nitrogen and oxygen atoms in total. The summed E-state index contributed by atoms with van der Waals surface area (Å²) in [6, 6.07) is 3.83. The summed E-state index contributed by atoms with van der Waals surface area (Å²) in [7, 11) is 0. The van der Waals surface area contributed by atoms with Crippen molar-refractivity contribution in [3.63, 3.8) is 0 Å². The fourth-order valence-electron chi connectivity index (χ4n) is 3.09. The van der Waals surface area contributed by atoms with Gasteiger partial charge in [0.05, 0.1) is 11.1 Å². The van der Waals surface area contributed by atoms with E-state index in [0.29, 0.717) is 12.1 Å². The minimum Gasteiger partial charge on any atom is -0.357 e. The number of anilines is 1. The third kappa shape index (κ3) is 6.32. The van der Waals surface area contributed by atoms with Gasteiger partial charge in [0.25, 0.3) is 5.91 Å². The van der Waals surface area contributed by atoms with Gasteiger partial charge in [-0.3, -0.25) is 4.79 Å². The predicted molar refractivity (Wildman–Crippen MR) is 109 cm³/mol. The van der Waals surface area contributed by atoms with Crippen LogP contribution in [0.3, 0.4) is 0 Å². The lowest BCUT2D eigenvalue weighted by molar-refractivity contribution is 0.0895. The molecule has 1 aliphatic heterocycles. The van der Waals surface area contributed by atoms with Crippen molar-refractivity contribution < 1.29 is 4.79 Å². The molecule has 3 N–H and O–H groups in total. The predicted octanol–water partition coefficient (Wildman–Crippen LogP) is 3.55. The number of carbonyl (C=O) groups is 1. The fraction of sp³-hybridized carbons (Fsp3) is 0.667. The number of nitrogens with zero attached hydrogens (tertiary/aromatic N) is 2. The zero-order chi connectivity index (χ0) is 16.7. The first kappa shape index (κ1) is 24.0. The highest BCUT2D eigenvalue weighted by Gasteiger charge is 2.26. The van der Waals surface area contributed by atoms with E-state index in [4.69, 9.17) is 5.73 Å². The van der Waals surface area contributed by atoms with Crippen molar-refractivity contribution in [2.24, 2.45) is 5.73 Å². The quantitative estimate of drug-likeness (QED) is 0.778. The van der Waals surface area contributed by atoms with Crippen LogP contribution in [0.4, 0.5) is 5.82 Å². The summed E-state index contributed by atoms with van der Waals surface area (Å²) in [5.41, 5.74) is 6.14. The van der Waals surface area contributed by atoms with Gasteiger partial charge < -0.3 is 16.0 Å². The average molecular weight is 391 g/mol. The molecule has 144 valence electrons. The maximum Gasteiger partial charge on any atom is 0.253 e. The molecule has 2 rings (SSSR count). The molecule has 0 aliphatic carbocycles. The SMILES string of the molecule is CCC(CC)(CN)NC(=O)c1ccc(N2CCCCCC2)nc1.Cl.Cl. The molecule has 1 aromatic rings. The first-order chi connectivity index (χ1) is 11.1. The fourth-order valence-corrected chi connectivity index (χ4v) is 3.09. The van der Waals surface area contributed by atoms with Gasteiger partial charge in [0.15, 0.2) is 0 Å². The standard InChI is InChI=1S/C18H30N4O.2ClH/c1-3-18(4-2,14-19)21-17(23)15-9-10-16(20-13-15)22-11-7-5-6-8-12-22;;/h9-10,13H,3-8,11-12,14,19H2,1-2H3,(H,21,23);2*1H. The number of hydrogen-bond acceptors (Lipinski definition) is 4. The largest absolute Gasteiger partial charge is 0.357 e. The lowest BCUT2D eigenvalue weighted by atomic mass is 9.92. The molecular formula is C18H32Cl2N4O. The van der Waals surface area contributed by atoms with Gasteiger partial charge in [-0.2, -0.15) is 0 Å². The summed E-state index contributed by atoms with van der Waals surface area (Å²) in [6.07, 6.45) is 8.36. The zero-order valence-electron chi connectivity index (χ0n) is 15.3. The summed E-state index contributed by atoms with van der Waals surface area (Å²) >= 11 is 0. The van der Waals surface area contributed by atoms with Crippen LogP contribution in [0.25, 0.3) is 0 Å². The Kier molecular flexibility index (Phi) is 11.1. The van der Waals surface area contributed by atoms with Crippen LogP contribution in [0, 0.1) is 0 Å². The van der Waals surface area contributed by atoms with E-state index in [-0.39, 0.29) is 36.3 Å². The van der Waals surface area contributed by atoms with Crippen molar-refractivity contribution >= 4 is 36.5 Å². The molecule has 0 aromatic carbocycles. The normalized spacial score (nSPS) is 14.8. The number of nitrogens with two attached hydrogens (primary N) is 1. The monoisotopic (exact) mass is 390 g/mol. The second kappa shape index (κ2) is 11.6. The average Bonchev–Trinajstić information content (AvgIpc) is 2.89. The minimum absolute atomic E-state index is 0. The highest BCUT2D eigenvalue weighted by Crippen LogP contribution is 2.18. The summed E-state index contributed by atoms with van der Waals surface area (Å²) in [5, 5.41) is 3.09. The molecule has 7 heteroatoms. The maximum atomic E-state index is 12.5. The third-order valence-corrected chi connectivity index (χ3v) is 5.06. The Labute approximate surface area is 164 Å². The van der Waals surface area contributed by atoms with E-state index in [1.807, 2.05) is 12.1 Å². The number of hydrogen-bond donors (Lipinski definition) is 2. The number of nitrogens with one attached hydrogen (secondary N) is 1. The van der Waals surface area contributed by atoms with Gasteiger partial charge in [0, 0.05) is 25.8 Å². The Morgan fingerprint density at radius 1 is 1.16 bits per heavy atom. The smallest absolute Gasteiger partial charge is 0.253 e. The second-order valence-electron chi connectivity index (χ2n) is 6.45. The molecule has 0 saturated carbocycles. The first-order valence-corrected chi connectivity index (χ1v) is 8.87. The van der Waals surface area contributed by atoms with Crippen molar-refractivity contribution in [3.05, 3.63) is 23.9 Å². The van der Waals surface area contributed by atoms with Crippen molar-refractivity contribution in [1.82, 2.24) is 10.3 Å². The number of carbonyl (C=O) groups excluding carboxylic acids is 1. The van der Waals surface area contributed by atoms with Gasteiger partial charge >= 0.3 is 0 Å². The van der Waals surface area contributed by atoms with Crippen LogP contribution in [-0.4, -0.2) is 36.1 Å². The molecule has 1 aliphatic rings. The molecule has 1 aromatic heterocycles. The molecule has 2 heterocycles. The van der Waals surface area contributed by atoms with Crippen molar-refractivity contribution in [1.29, 1.82) is 0 Å². The van der Waals surface area contributed by atoms with Crippen LogP contribution in [0.5, 0.6) is 0 Å². The van der Waals surface area contributed by atoms with Crippen LogP contribution in [0.1, 0.15) is 62.7 Å². The topological polar surface area (TPSA) is 71.2 Å². The van der Waals surface area contributed by atoms with Crippen LogP contribution in [0.2, 0.25) is 0 Å². The number of amides is 1. The molecule has 0 radical (unpaired) electrons. The van der Waals surface area contributed by atoms with E-state index < -0.39 is 0 Å². The number of halogens is 2. The Hall–Kier alpha value is -1.04. The lowest BCUT2D eigenvalue weighted by Gasteiger charge is -2.31. The highest BCUT2D eigenvalue weighted by atomic mass is 35.5. The van der Waals surface area contributed by atoms with E-state index in [2.05, 4.69) is 29.0 Å². The number of pyridine rings is 1. The number of aromatic nitrogens is 1.